The zero-order chi connectivity index (χ0) is 21.0. The van der Waals surface area contributed by atoms with Gasteiger partial charge in [0.15, 0.2) is 30.4 Å². The van der Waals surface area contributed by atoms with E-state index in [2.05, 4.69) is 0 Å². The third-order valence-electron chi connectivity index (χ3n) is 0.850. The molecule has 0 aliphatic heterocycles. The van der Waals surface area contributed by atoms with Crippen LogP contribution in [0.4, 0.5) is 39.5 Å². The molecular weight excluding hydrogens is 495 g/mol. The smallest absolute Gasteiger partial charge is 0.741 e. The summed E-state index contributed by atoms with van der Waals surface area (Å²) in [7, 11) is -18.3. The SMILES string of the molecule is O=S(=O)([O-])C(F)(F)F.O=S(=O)([O-])C(F)(F)F.O=S(=O)([O-])C(F)(F)F.[Ti+3]. The number of hydrogen-bond donors (Lipinski definition) is 0. The van der Waals surface area contributed by atoms with E-state index >= 15 is 0 Å². The summed E-state index contributed by atoms with van der Waals surface area (Å²) < 4.78 is 177. The Labute approximate surface area is 147 Å². The fraction of sp³-hybridized carbons (Fsp3) is 1.00. The molecule has 0 rings (SSSR count). The zero-order valence-electron chi connectivity index (χ0n) is 10.3. The van der Waals surface area contributed by atoms with E-state index in [9.17, 15) is 39.5 Å². The minimum Gasteiger partial charge on any atom is -0.741 e. The molecule has 0 aromatic heterocycles. The maximum Gasteiger partial charge on any atom is 3.00 e. The van der Waals surface area contributed by atoms with Gasteiger partial charge in [-0.3, -0.25) is 0 Å². The second-order valence-corrected chi connectivity index (χ2v) is 6.81. The summed E-state index contributed by atoms with van der Waals surface area (Å²) >= 11 is 0. The van der Waals surface area contributed by atoms with Crippen LogP contribution in [0.2, 0.25) is 0 Å². The van der Waals surface area contributed by atoms with Crippen molar-refractivity contribution < 1.29 is 100 Å². The van der Waals surface area contributed by atoms with Crippen molar-refractivity contribution in [3.63, 3.8) is 0 Å². The largest absolute Gasteiger partial charge is 3.00 e. The number of alkyl halides is 9. The van der Waals surface area contributed by atoms with Crippen LogP contribution in [0.5, 0.6) is 0 Å². The molecule has 1 radical (unpaired) electrons. The van der Waals surface area contributed by atoms with Gasteiger partial charge >= 0.3 is 38.2 Å². The Balaban J connectivity index is -0.000000130. The molecule has 0 atom stereocenters. The van der Waals surface area contributed by atoms with Crippen molar-refractivity contribution in [1.82, 2.24) is 0 Å². The van der Waals surface area contributed by atoms with Gasteiger partial charge in [-0.05, 0) is 0 Å². The molecule has 0 aliphatic carbocycles. The van der Waals surface area contributed by atoms with Crippen molar-refractivity contribution in [2.24, 2.45) is 0 Å². The van der Waals surface area contributed by atoms with Crippen LogP contribution in [0, 0.1) is 0 Å². The molecule has 0 saturated carbocycles. The van der Waals surface area contributed by atoms with Crippen LogP contribution in [0.15, 0.2) is 0 Å². The maximum atomic E-state index is 10.7. The summed E-state index contributed by atoms with van der Waals surface area (Å²) in [5, 5.41) is 0. The first-order valence-electron chi connectivity index (χ1n) is 3.81. The Hall–Kier alpha value is -0.186. The van der Waals surface area contributed by atoms with Gasteiger partial charge in [0.1, 0.15) is 0 Å². The summed E-state index contributed by atoms with van der Waals surface area (Å²) in [5.41, 5.74) is -16.9. The van der Waals surface area contributed by atoms with Crippen molar-refractivity contribution in [2.75, 3.05) is 0 Å². The van der Waals surface area contributed by atoms with Crippen molar-refractivity contribution in [1.29, 1.82) is 0 Å². The van der Waals surface area contributed by atoms with Gasteiger partial charge < -0.3 is 13.7 Å². The average molecular weight is 495 g/mol. The fourth-order valence-corrected chi connectivity index (χ4v) is 0. The van der Waals surface area contributed by atoms with Crippen molar-refractivity contribution >= 4 is 30.4 Å². The summed E-state index contributed by atoms with van der Waals surface area (Å²) in [6.07, 6.45) is 0. The average Bonchev–Trinajstić information content (AvgIpc) is 2.08. The molecule has 0 saturated heterocycles. The molecule has 0 aromatic carbocycles. The maximum absolute atomic E-state index is 10.7. The van der Waals surface area contributed by atoms with Crippen LogP contribution < -0.4 is 0 Å². The van der Waals surface area contributed by atoms with E-state index in [-0.39, 0.29) is 21.7 Å². The number of hydrogen-bond acceptors (Lipinski definition) is 9. The zero-order valence-corrected chi connectivity index (χ0v) is 14.3. The third kappa shape index (κ3) is 15.8. The normalized spacial score (nSPS) is 13.4. The van der Waals surface area contributed by atoms with Gasteiger partial charge in [0, 0.05) is 0 Å². The molecule has 0 unspecified atom stereocenters. The van der Waals surface area contributed by atoms with Crippen LogP contribution in [0.3, 0.4) is 0 Å². The second-order valence-electron chi connectivity index (χ2n) is 2.70. The van der Waals surface area contributed by atoms with Gasteiger partial charge in [-0.25, -0.2) is 25.3 Å². The Bertz CT molecular complexity index is 596. The predicted molar refractivity (Wildman–Crippen MR) is 47.3 cm³/mol. The topological polar surface area (TPSA) is 172 Å². The van der Waals surface area contributed by atoms with Crippen LogP contribution >= 0.6 is 0 Å². The monoisotopic (exact) mass is 495 g/mol. The molecule has 0 aromatic rings. The van der Waals surface area contributed by atoms with Crippen molar-refractivity contribution in [3.05, 3.63) is 0 Å². The van der Waals surface area contributed by atoms with Crippen molar-refractivity contribution in [3.8, 4) is 0 Å². The van der Waals surface area contributed by atoms with E-state index in [0.29, 0.717) is 0 Å². The van der Waals surface area contributed by atoms with E-state index in [1.165, 1.54) is 0 Å². The first-order valence-corrected chi connectivity index (χ1v) is 8.04. The molecule has 0 heterocycles. The molecule has 22 heteroatoms. The number of halogens is 9. The van der Waals surface area contributed by atoms with E-state index in [4.69, 9.17) is 38.9 Å². The van der Waals surface area contributed by atoms with Gasteiger partial charge in [0.05, 0.1) is 0 Å². The molecule has 0 amide bonds. The fourth-order valence-electron chi connectivity index (χ4n) is 0. The summed E-state index contributed by atoms with van der Waals surface area (Å²) in [6.45, 7) is 0. The van der Waals surface area contributed by atoms with Gasteiger partial charge in [-0.2, -0.15) is 39.5 Å². The summed E-state index contributed by atoms with van der Waals surface area (Å²) in [5.74, 6) is 0. The molecule has 0 N–H and O–H groups in total. The number of rotatable bonds is 0. The minimum absolute atomic E-state index is 0. The van der Waals surface area contributed by atoms with Crippen molar-refractivity contribution in [2.45, 2.75) is 16.5 Å². The van der Waals surface area contributed by atoms with Crippen LogP contribution in [-0.2, 0) is 52.1 Å². The van der Waals surface area contributed by atoms with E-state index in [1.807, 2.05) is 0 Å². The summed E-state index contributed by atoms with van der Waals surface area (Å²) in [4.78, 5) is 0. The Morgan fingerprint density at radius 1 is 0.440 bits per heavy atom. The molecule has 0 spiro atoms. The van der Waals surface area contributed by atoms with Gasteiger partial charge in [0.2, 0.25) is 0 Å². The molecule has 0 fully saturated rings. The standard InChI is InChI=1S/3CHF3O3S.Ti/c3*2-1(3,4)8(5,6)7;/h3*(H,5,6,7);/q;;;+3/p-3. The third-order valence-corrected chi connectivity index (χ3v) is 2.55. The van der Waals surface area contributed by atoms with E-state index < -0.39 is 46.9 Å². The van der Waals surface area contributed by atoms with Gasteiger partial charge in [-0.15, -0.1) is 0 Å². The summed E-state index contributed by atoms with van der Waals surface area (Å²) in [6, 6.07) is 0. The molecule has 0 bridgehead atoms. The Morgan fingerprint density at radius 3 is 0.480 bits per heavy atom. The second kappa shape index (κ2) is 9.66. The first kappa shape index (κ1) is 32.5. The predicted octanol–water partition coefficient (Wildman–Crippen LogP) is 0.152. The van der Waals surface area contributed by atoms with Crippen LogP contribution in [-0.4, -0.2) is 55.4 Å². The Morgan fingerprint density at radius 2 is 0.480 bits per heavy atom. The van der Waals surface area contributed by atoms with Crippen LogP contribution in [0.1, 0.15) is 0 Å². The molecule has 9 nitrogen and oxygen atoms in total. The van der Waals surface area contributed by atoms with Gasteiger partial charge in [0.25, 0.3) is 0 Å². The van der Waals surface area contributed by atoms with E-state index in [0.717, 1.165) is 0 Å². The van der Waals surface area contributed by atoms with Gasteiger partial charge in [-0.1, -0.05) is 0 Å². The minimum atomic E-state index is -6.09. The van der Waals surface area contributed by atoms with Crippen LogP contribution in [0.25, 0.3) is 0 Å². The molecule has 25 heavy (non-hydrogen) atoms. The molecular formula is C3F9O9S3Ti. The molecule has 0 aliphatic rings. The Kier molecular flexibility index (Phi) is 12.6. The quantitative estimate of drug-likeness (QED) is 0.196. The van der Waals surface area contributed by atoms with E-state index in [1.54, 1.807) is 0 Å². The molecule has 151 valence electrons. The first-order chi connectivity index (χ1) is 9.75.